The fourth-order valence-electron chi connectivity index (χ4n) is 3.50. The smallest absolute Gasteiger partial charge is 0.449 e. The van der Waals surface area contributed by atoms with E-state index in [9.17, 15) is 22.4 Å². The number of furan rings is 1. The first-order valence-electron chi connectivity index (χ1n) is 8.65. The van der Waals surface area contributed by atoms with Crippen LogP contribution in [-0.2, 0) is 22.8 Å². The van der Waals surface area contributed by atoms with Crippen LogP contribution in [0.1, 0.15) is 24.0 Å². The van der Waals surface area contributed by atoms with E-state index in [4.69, 9.17) is 16.0 Å². The molecule has 3 aromatic rings. The number of rotatable bonds is 3. The number of hydrogen-bond acceptors (Lipinski definition) is 2. The van der Waals surface area contributed by atoms with Gasteiger partial charge in [-0.15, -0.1) is 0 Å². The van der Waals surface area contributed by atoms with Gasteiger partial charge in [0.05, 0.1) is 10.4 Å². The van der Waals surface area contributed by atoms with Crippen molar-refractivity contribution in [2.45, 2.75) is 24.9 Å². The van der Waals surface area contributed by atoms with Crippen molar-refractivity contribution in [3.8, 4) is 11.1 Å². The van der Waals surface area contributed by atoms with Crippen LogP contribution in [0.5, 0.6) is 0 Å². The molecule has 0 spiro atoms. The molecule has 4 rings (SSSR count). The lowest BCUT2D eigenvalue weighted by atomic mass is 9.79. The molecular weight excluding hydrogens is 410 g/mol. The summed E-state index contributed by atoms with van der Waals surface area (Å²) in [7, 11) is 0. The molecule has 8 heteroatoms. The maximum atomic E-state index is 13.5. The van der Waals surface area contributed by atoms with Crippen LogP contribution in [0, 0.1) is 5.82 Å². The van der Waals surface area contributed by atoms with Crippen molar-refractivity contribution >= 4 is 23.2 Å². The van der Waals surface area contributed by atoms with E-state index in [0.717, 1.165) is 6.07 Å². The van der Waals surface area contributed by atoms with Crippen molar-refractivity contribution in [3.05, 3.63) is 76.5 Å². The Hall–Kier alpha value is -2.80. The Kier molecular flexibility index (Phi) is 4.46. The van der Waals surface area contributed by atoms with Gasteiger partial charge < -0.3 is 9.73 Å². The second-order valence-electron chi connectivity index (χ2n) is 7.12. The second-order valence-corrected chi connectivity index (χ2v) is 7.52. The van der Waals surface area contributed by atoms with E-state index >= 15 is 0 Å². The molecule has 1 atom stereocenters. The third-order valence-electron chi connectivity index (χ3n) is 5.09. The van der Waals surface area contributed by atoms with Crippen molar-refractivity contribution in [3.63, 3.8) is 0 Å². The van der Waals surface area contributed by atoms with Crippen molar-refractivity contribution in [1.29, 1.82) is 0 Å². The maximum absolute atomic E-state index is 13.5. The molecule has 3 nitrogen and oxygen atoms in total. The predicted octanol–water partition coefficient (Wildman–Crippen LogP) is 6.21. The summed E-state index contributed by atoms with van der Waals surface area (Å²) in [5.74, 6) is -1.94. The molecule has 0 saturated heterocycles. The fourth-order valence-corrected chi connectivity index (χ4v) is 3.68. The topological polar surface area (TPSA) is 42.2 Å². The van der Waals surface area contributed by atoms with Gasteiger partial charge in [-0.25, -0.2) is 4.39 Å². The van der Waals surface area contributed by atoms with E-state index in [1.165, 1.54) is 18.2 Å². The van der Waals surface area contributed by atoms with Crippen molar-refractivity contribution in [2.75, 3.05) is 5.32 Å². The highest BCUT2D eigenvalue weighted by Gasteiger charge is 2.44. The SMILES string of the molecule is CC1(Cc2ccc(C(F)(F)F)o2)C(=O)Nc2ccc(-c3ccc(F)c(Cl)c3)cc21. The molecule has 29 heavy (non-hydrogen) atoms. The number of hydrogen-bond donors (Lipinski definition) is 1. The summed E-state index contributed by atoms with van der Waals surface area (Å²) in [4.78, 5) is 12.7. The Balaban J connectivity index is 1.72. The van der Waals surface area contributed by atoms with Crippen LogP contribution in [0.4, 0.5) is 23.2 Å². The average Bonchev–Trinajstić information content (AvgIpc) is 3.21. The van der Waals surface area contributed by atoms with Gasteiger partial charge in [0.25, 0.3) is 0 Å². The van der Waals surface area contributed by atoms with Gasteiger partial charge in [-0.05, 0) is 60.0 Å². The summed E-state index contributed by atoms with van der Waals surface area (Å²) in [5, 5.41) is 2.72. The zero-order chi connectivity index (χ0) is 21.0. The molecule has 1 amide bonds. The Bertz CT molecular complexity index is 1120. The van der Waals surface area contributed by atoms with Gasteiger partial charge in [-0.3, -0.25) is 4.79 Å². The molecule has 0 fully saturated rings. The molecule has 1 aliphatic rings. The van der Waals surface area contributed by atoms with Gasteiger partial charge in [-0.1, -0.05) is 23.7 Å². The molecule has 0 radical (unpaired) electrons. The summed E-state index contributed by atoms with van der Waals surface area (Å²) in [6.07, 6.45) is -4.64. The van der Waals surface area contributed by atoms with Gasteiger partial charge in [0, 0.05) is 12.1 Å². The number of amides is 1. The highest BCUT2D eigenvalue weighted by Crippen LogP contribution is 2.43. The molecule has 0 saturated carbocycles. The Morgan fingerprint density at radius 3 is 2.41 bits per heavy atom. The van der Waals surface area contributed by atoms with Gasteiger partial charge in [-0.2, -0.15) is 13.2 Å². The first-order valence-corrected chi connectivity index (χ1v) is 9.03. The van der Waals surface area contributed by atoms with E-state index in [1.807, 2.05) is 0 Å². The van der Waals surface area contributed by atoms with E-state index in [1.54, 1.807) is 31.2 Å². The Labute approximate surface area is 168 Å². The molecule has 1 aromatic heterocycles. The van der Waals surface area contributed by atoms with E-state index in [-0.39, 0.29) is 23.1 Å². The number of anilines is 1. The molecular formula is C21H14ClF4NO2. The number of nitrogens with one attached hydrogen (secondary N) is 1. The third kappa shape index (κ3) is 3.40. The number of carbonyl (C=O) groups is 1. The van der Waals surface area contributed by atoms with Crippen molar-refractivity contribution < 1.29 is 26.8 Å². The number of alkyl halides is 3. The fraction of sp³-hybridized carbons (Fsp3) is 0.190. The molecule has 1 aliphatic heterocycles. The van der Waals surface area contributed by atoms with Gasteiger partial charge >= 0.3 is 6.18 Å². The monoisotopic (exact) mass is 423 g/mol. The van der Waals surface area contributed by atoms with Crippen LogP contribution in [0.25, 0.3) is 11.1 Å². The highest BCUT2D eigenvalue weighted by atomic mass is 35.5. The third-order valence-corrected chi connectivity index (χ3v) is 5.37. The predicted molar refractivity (Wildman–Crippen MR) is 100 cm³/mol. The number of fused-ring (bicyclic) bond motifs is 1. The zero-order valence-corrected chi connectivity index (χ0v) is 15.8. The zero-order valence-electron chi connectivity index (χ0n) is 15.0. The first kappa shape index (κ1) is 19.5. The summed E-state index contributed by atoms with van der Waals surface area (Å²) in [6, 6.07) is 11.6. The van der Waals surface area contributed by atoms with E-state index < -0.39 is 23.2 Å². The number of carbonyl (C=O) groups excluding carboxylic acids is 1. The maximum Gasteiger partial charge on any atom is 0.449 e. The van der Waals surface area contributed by atoms with Crippen LogP contribution in [0.2, 0.25) is 5.02 Å². The minimum atomic E-state index is -4.59. The molecule has 1 N–H and O–H groups in total. The number of benzene rings is 2. The van der Waals surface area contributed by atoms with Gasteiger partial charge in [0.15, 0.2) is 0 Å². The summed E-state index contributed by atoms with van der Waals surface area (Å²) >= 11 is 5.86. The lowest BCUT2D eigenvalue weighted by molar-refractivity contribution is -0.153. The molecule has 150 valence electrons. The lowest BCUT2D eigenvalue weighted by Crippen LogP contribution is -2.33. The molecule has 2 heterocycles. The van der Waals surface area contributed by atoms with E-state index in [0.29, 0.717) is 22.4 Å². The minimum absolute atomic E-state index is 0.0322. The first-order chi connectivity index (χ1) is 13.6. The summed E-state index contributed by atoms with van der Waals surface area (Å²) < 4.78 is 56.8. The summed E-state index contributed by atoms with van der Waals surface area (Å²) in [5.41, 5.74) is 1.40. The van der Waals surface area contributed by atoms with Gasteiger partial charge in [0.1, 0.15) is 11.6 Å². The van der Waals surface area contributed by atoms with Crippen LogP contribution in [0.3, 0.4) is 0 Å². The van der Waals surface area contributed by atoms with Crippen LogP contribution < -0.4 is 5.32 Å². The van der Waals surface area contributed by atoms with Crippen LogP contribution >= 0.6 is 11.6 Å². The lowest BCUT2D eigenvalue weighted by Gasteiger charge is -2.21. The van der Waals surface area contributed by atoms with Crippen molar-refractivity contribution in [2.24, 2.45) is 0 Å². The molecule has 0 aliphatic carbocycles. The summed E-state index contributed by atoms with van der Waals surface area (Å²) in [6.45, 7) is 1.64. The minimum Gasteiger partial charge on any atom is -0.456 e. The highest BCUT2D eigenvalue weighted by molar-refractivity contribution is 6.31. The molecule has 0 bridgehead atoms. The Morgan fingerprint density at radius 2 is 1.76 bits per heavy atom. The second kappa shape index (κ2) is 6.62. The number of halogens is 5. The van der Waals surface area contributed by atoms with E-state index in [2.05, 4.69) is 5.32 Å². The normalized spacial score (nSPS) is 18.6. The van der Waals surface area contributed by atoms with Crippen molar-refractivity contribution in [1.82, 2.24) is 0 Å². The standard InChI is InChI=1S/C21H14ClF4NO2/c1-20(10-13-4-7-18(29-13)21(24,25)26)14-8-11(3-6-17(14)27-19(20)28)12-2-5-16(23)15(22)9-12/h2-9H,10H2,1H3,(H,27,28). The quantitative estimate of drug-likeness (QED) is 0.509. The molecule has 1 unspecified atom stereocenters. The van der Waals surface area contributed by atoms with Crippen LogP contribution in [0.15, 0.2) is 52.9 Å². The van der Waals surface area contributed by atoms with Crippen LogP contribution in [-0.4, -0.2) is 5.91 Å². The average molecular weight is 424 g/mol. The molecule has 2 aromatic carbocycles. The Morgan fingerprint density at radius 1 is 1.07 bits per heavy atom. The van der Waals surface area contributed by atoms with Gasteiger partial charge in [0.2, 0.25) is 11.7 Å². The largest absolute Gasteiger partial charge is 0.456 e.